The van der Waals surface area contributed by atoms with E-state index in [-0.39, 0.29) is 23.4 Å². The minimum absolute atomic E-state index is 0.0971. The van der Waals surface area contributed by atoms with E-state index in [4.69, 9.17) is 0 Å². The molecule has 1 fully saturated rings. The van der Waals surface area contributed by atoms with E-state index in [9.17, 15) is 18.0 Å². The Morgan fingerprint density at radius 1 is 0.854 bits per heavy atom. The lowest BCUT2D eigenvalue weighted by molar-refractivity contribution is -0.139. The summed E-state index contributed by atoms with van der Waals surface area (Å²) in [6.45, 7) is 7.24. The second kappa shape index (κ2) is 13.3. The number of nitrogens with one attached hydrogen (secondary N) is 1. The number of rotatable bonds is 10. The van der Waals surface area contributed by atoms with Crippen molar-refractivity contribution in [2.24, 2.45) is 0 Å². The summed E-state index contributed by atoms with van der Waals surface area (Å²) in [5.74, 6) is -0.668. The number of nitrogens with zero attached hydrogens (tertiary/aromatic N) is 2. The third kappa shape index (κ3) is 7.76. The largest absolute Gasteiger partial charge is 0.352 e. The molecule has 0 radical (unpaired) electrons. The minimum Gasteiger partial charge on any atom is -0.352 e. The molecular formula is C33H41N3O4S. The Hall–Kier alpha value is -3.65. The quantitative estimate of drug-likeness (QED) is 0.337. The standard InChI is InChI=1S/C33H41N3O4S/c1-24-12-11-13-28(19-24)22-35(27(4)33(38)34-29-14-7-5-8-15-29)32(37)23-36(30-20-25(2)18-26(3)21-30)41(39,40)31-16-9-6-10-17-31/h6,9-13,16-21,27,29H,5,7-8,14-15,22-23H2,1-4H3,(H,34,38). The van der Waals surface area contributed by atoms with Crippen molar-refractivity contribution in [2.75, 3.05) is 10.8 Å². The monoisotopic (exact) mass is 575 g/mol. The molecule has 1 unspecified atom stereocenters. The molecule has 1 N–H and O–H groups in total. The summed E-state index contributed by atoms with van der Waals surface area (Å²) in [5.41, 5.74) is 4.10. The van der Waals surface area contributed by atoms with Crippen molar-refractivity contribution in [3.63, 3.8) is 0 Å². The van der Waals surface area contributed by atoms with Gasteiger partial charge in [0.1, 0.15) is 12.6 Å². The Kier molecular flexibility index (Phi) is 9.86. The number of hydrogen-bond acceptors (Lipinski definition) is 4. The third-order valence-electron chi connectivity index (χ3n) is 7.66. The Balaban J connectivity index is 1.69. The van der Waals surface area contributed by atoms with Crippen LogP contribution in [0.2, 0.25) is 0 Å². The summed E-state index contributed by atoms with van der Waals surface area (Å²) in [5, 5.41) is 3.14. The van der Waals surface area contributed by atoms with Gasteiger partial charge in [0, 0.05) is 12.6 Å². The number of carbonyl (C=O) groups is 2. The van der Waals surface area contributed by atoms with Crippen LogP contribution in [-0.2, 0) is 26.2 Å². The van der Waals surface area contributed by atoms with Crippen LogP contribution in [-0.4, -0.2) is 43.8 Å². The number of sulfonamides is 1. The van der Waals surface area contributed by atoms with E-state index >= 15 is 0 Å². The van der Waals surface area contributed by atoms with Crippen LogP contribution in [0.25, 0.3) is 0 Å². The van der Waals surface area contributed by atoms with Gasteiger partial charge < -0.3 is 10.2 Å². The predicted octanol–water partition coefficient (Wildman–Crippen LogP) is 5.67. The molecule has 41 heavy (non-hydrogen) atoms. The molecule has 4 rings (SSSR count). The van der Waals surface area contributed by atoms with Crippen molar-refractivity contribution >= 4 is 27.5 Å². The van der Waals surface area contributed by atoms with Gasteiger partial charge in [-0.1, -0.05) is 73.4 Å². The molecule has 0 saturated heterocycles. The van der Waals surface area contributed by atoms with Crippen molar-refractivity contribution in [2.45, 2.75) is 83.3 Å². The highest BCUT2D eigenvalue weighted by Gasteiger charge is 2.33. The molecule has 1 atom stereocenters. The molecule has 2 amide bonds. The molecule has 0 spiro atoms. The fourth-order valence-corrected chi connectivity index (χ4v) is 6.92. The number of carbonyl (C=O) groups excluding carboxylic acids is 2. The summed E-state index contributed by atoms with van der Waals surface area (Å²) < 4.78 is 29.1. The van der Waals surface area contributed by atoms with Gasteiger partial charge in [0.05, 0.1) is 10.6 Å². The first kappa shape index (κ1) is 30.3. The van der Waals surface area contributed by atoms with E-state index in [0.29, 0.717) is 5.69 Å². The fraction of sp³-hybridized carbons (Fsp3) is 0.394. The SMILES string of the molecule is Cc1cccc(CN(C(=O)CN(c2cc(C)cc(C)c2)S(=O)(=O)c2ccccc2)C(C)C(=O)NC2CCCCC2)c1. The summed E-state index contributed by atoms with van der Waals surface area (Å²) >= 11 is 0. The van der Waals surface area contributed by atoms with Crippen LogP contribution in [0.3, 0.4) is 0 Å². The molecular weight excluding hydrogens is 534 g/mol. The highest BCUT2D eigenvalue weighted by atomic mass is 32.2. The van der Waals surface area contributed by atoms with Crippen LogP contribution < -0.4 is 9.62 Å². The van der Waals surface area contributed by atoms with Gasteiger partial charge in [-0.2, -0.15) is 0 Å². The maximum atomic E-state index is 14.1. The summed E-state index contributed by atoms with van der Waals surface area (Å²) in [7, 11) is -4.08. The van der Waals surface area contributed by atoms with Crippen LogP contribution in [0.1, 0.15) is 61.3 Å². The Bertz CT molecular complexity index is 1450. The van der Waals surface area contributed by atoms with Gasteiger partial charge in [0.2, 0.25) is 11.8 Å². The number of aryl methyl sites for hydroxylation is 3. The maximum Gasteiger partial charge on any atom is 0.264 e. The van der Waals surface area contributed by atoms with Crippen LogP contribution >= 0.6 is 0 Å². The zero-order valence-electron chi connectivity index (χ0n) is 24.5. The topological polar surface area (TPSA) is 86.8 Å². The lowest BCUT2D eigenvalue weighted by Gasteiger charge is -2.33. The highest BCUT2D eigenvalue weighted by molar-refractivity contribution is 7.92. The first-order valence-corrected chi connectivity index (χ1v) is 15.8. The smallest absolute Gasteiger partial charge is 0.264 e. The van der Waals surface area contributed by atoms with E-state index in [1.54, 1.807) is 37.3 Å². The van der Waals surface area contributed by atoms with Crippen LogP contribution in [0.5, 0.6) is 0 Å². The molecule has 0 bridgehead atoms. The Morgan fingerprint density at radius 2 is 1.51 bits per heavy atom. The van der Waals surface area contributed by atoms with Crippen LogP contribution in [0.15, 0.2) is 77.7 Å². The molecule has 3 aromatic rings. The molecule has 1 aliphatic carbocycles. The molecule has 218 valence electrons. The summed E-state index contributed by atoms with van der Waals surface area (Å²) in [6, 6.07) is 20.7. The summed E-state index contributed by atoms with van der Waals surface area (Å²) in [6.07, 6.45) is 5.19. The van der Waals surface area contributed by atoms with Gasteiger partial charge in [0.15, 0.2) is 0 Å². The average Bonchev–Trinajstić information content (AvgIpc) is 2.94. The lowest BCUT2D eigenvalue weighted by atomic mass is 9.95. The van der Waals surface area contributed by atoms with Gasteiger partial charge in [-0.25, -0.2) is 8.42 Å². The van der Waals surface area contributed by atoms with Gasteiger partial charge in [-0.3, -0.25) is 13.9 Å². The summed E-state index contributed by atoms with van der Waals surface area (Å²) in [4.78, 5) is 29.2. The fourth-order valence-electron chi connectivity index (χ4n) is 5.50. The van der Waals surface area contributed by atoms with Crippen molar-refractivity contribution in [1.82, 2.24) is 10.2 Å². The van der Waals surface area contributed by atoms with Crippen molar-refractivity contribution < 1.29 is 18.0 Å². The van der Waals surface area contributed by atoms with Gasteiger partial charge in [-0.05, 0) is 81.5 Å². The van der Waals surface area contributed by atoms with Crippen molar-refractivity contribution in [3.05, 3.63) is 95.1 Å². The number of hydrogen-bond donors (Lipinski definition) is 1. The Morgan fingerprint density at radius 3 is 2.15 bits per heavy atom. The van der Waals surface area contributed by atoms with Gasteiger partial charge >= 0.3 is 0 Å². The third-order valence-corrected chi connectivity index (χ3v) is 9.45. The molecule has 0 heterocycles. The Labute approximate surface area is 244 Å². The van der Waals surface area contributed by atoms with E-state index in [1.165, 1.54) is 27.8 Å². The minimum atomic E-state index is -4.08. The zero-order valence-corrected chi connectivity index (χ0v) is 25.3. The first-order valence-electron chi connectivity index (χ1n) is 14.4. The van der Waals surface area contributed by atoms with E-state index in [1.807, 2.05) is 51.1 Å². The van der Waals surface area contributed by atoms with Crippen LogP contribution in [0.4, 0.5) is 5.69 Å². The molecule has 8 heteroatoms. The van der Waals surface area contributed by atoms with E-state index in [2.05, 4.69) is 5.32 Å². The molecule has 0 aromatic heterocycles. The lowest BCUT2D eigenvalue weighted by Crippen LogP contribution is -2.53. The van der Waals surface area contributed by atoms with E-state index in [0.717, 1.165) is 47.9 Å². The van der Waals surface area contributed by atoms with E-state index < -0.39 is 28.5 Å². The predicted molar refractivity (Wildman–Crippen MR) is 163 cm³/mol. The van der Waals surface area contributed by atoms with Gasteiger partial charge in [0.25, 0.3) is 10.0 Å². The number of benzene rings is 3. The second-order valence-corrected chi connectivity index (χ2v) is 13.1. The van der Waals surface area contributed by atoms with Crippen LogP contribution in [0, 0.1) is 20.8 Å². The van der Waals surface area contributed by atoms with Crippen molar-refractivity contribution in [3.8, 4) is 0 Å². The maximum absolute atomic E-state index is 14.1. The average molecular weight is 576 g/mol. The van der Waals surface area contributed by atoms with Gasteiger partial charge in [-0.15, -0.1) is 0 Å². The molecule has 3 aromatic carbocycles. The zero-order chi connectivity index (χ0) is 29.6. The molecule has 7 nitrogen and oxygen atoms in total. The first-order chi connectivity index (χ1) is 19.5. The normalized spacial score (nSPS) is 14.7. The number of anilines is 1. The van der Waals surface area contributed by atoms with Crippen molar-refractivity contribution in [1.29, 1.82) is 0 Å². The number of amides is 2. The molecule has 1 saturated carbocycles. The molecule has 0 aliphatic heterocycles. The highest BCUT2D eigenvalue weighted by Crippen LogP contribution is 2.27. The second-order valence-electron chi connectivity index (χ2n) is 11.2. The molecule has 1 aliphatic rings.